The molecule has 0 spiro atoms. The molecule has 0 aromatic heterocycles. The Hall–Kier alpha value is -1.66. The lowest BCUT2D eigenvalue weighted by Gasteiger charge is -2.27. The number of phosphoric ester groups is 2. The van der Waals surface area contributed by atoms with E-state index in [1.54, 1.807) is 36.4 Å². The van der Waals surface area contributed by atoms with Gasteiger partial charge in [0.1, 0.15) is 11.5 Å². The first-order valence-electron chi connectivity index (χ1n) is 8.83. The second-order valence-electron chi connectivity index (χ2n) is 6.34. The molecule has 8 nitrogen and oxygen atoms in total. The fourth-order valence-electron chi connectivity index (χ4n) is 2.76. The van der Waals surface area contributed by atoms with E-state index in [1.165, 1.54) is 24.3 Å². The quantitative estimate of drug-likeness (QED) is 0.583. The van der Waals surface area contributed by atoms with E-state index in [-0.39, 0.29) is 11.5 Å². The van der Waals surface area contributed by atoms with E-state index in [9.17, 15) is 19.1 Å². The average Bonchev–Trinajstić information content (AvgIpc) is 2.64. The van der Waals surface area contributed by atoms with Crippen molar-refractivity contribution in [3.8, 4) is 11.5 Å². The molecule has 1 fully saturated rings. The molecular formula is C18H22O8P2. The topological polar surface area (TPSA) is 112 Å². The van der Waals surface area contributed by atoms with E-state index in [4.69, 9.17) is 17.9 Å². The van der Waals surface area contributed by atoms with Crippen molar-refractivity contribution in [3.05, 3.63) is 60.7 Å². The van der Waals surface area contributed by atoms with Gasteiger partial charge in [0.05, 0.1) is 12.2 Å². The highest BCUT2D eigenvalue weighted by molar-refractivity contribution is 7.62. The predicted molar refractivity (Wildman–Crippen MR) is 102 cm³/mol. The maximum Gasteiger partial charge on any atom is 0.596 e. The van der Waals surface area contributed by atoms with Crippen LogP contribution in [0.3, 0.4) is 0 Å². The summed E-state index contributed by atoms with van der Waals surface area (Å²) >= 11 is 0. The van der Waals surface area contributed by atoms with Crippen molar-refractivity contribution in [1.82, 2.24) is 0 Å². The van der Waals surface area contributed by atoms with Gasteiger partial charge in [0.25, 0.3) is 0 Å². The highest BCUT2D eigenvalue weighted by atomic mass is 31.3. The van der Waals surface area contributed by atoms with Gasteiger partial charge in [0.2, 0.25) is 0 Å². The molecule has 1 aliphatic carbocycles. The van der Waals surface area contributed by atoms with Crippen LogP contribution in [0.4, 0.5) is 0 Å². The van der Waals surface area contributed by atoms with Crippen LogP contribution in [0.25, 0.3) is 0 Å². The third kappa shape index (κ3) is 6.45. The SMILES string of the molecule is O=P(O)(OC1CCC(O)CC1)OP(=O)(Oc1ccccc1)Oc1ccccc1. The van der Waals surface area contributed by atoms with Crippen LogP contribution < -0.4 is 9.05 Å². The Bertz CT molecular complexity index is 792. The fourth-order valence-corrected chi connectivity index (χ4v) is 5.57. The Morgan fingerprint density at radius 2 is 1.25 bits per heavy atom. The highest BCUT2D eigenvalue weighted by Gasteiger charge is 2.43. The molecule has 0 amide bonds. The van der Waals surface area contributed by atoms with E-state index in [1.807, 2.05) is 0 Å². The summed E-state index contributed by atoms with van der Waals surface area (Å²) in [6, 6.07) is 16.1. The Kier molecular flexibility index (Phi) is 6.94. The summed E-state index contributed by atoms with van der Waals surface area (Å²) in [6.45, 7) is 0. The standard InChI is InChI=1S/C18H22O8P2/c19-15-11-13-18(14-12-15)23-27(20,21)26-28(22,24-16-7-3-1-4-8-16)25-17-9-5-2-6-10-17/h1-10,15,18-19H,11-14H2,(H,20,21). The zero-order valence-electron chi connectivity index (χ0n) is 15.0. The van der Waals surface area contributed by atoms with Gasteiger partial charge >= 0.3 is 15.6 Å². The molecule has 1 saturated carbocycles. The lowest BCUT2D eigenvalue weighted by molar-refractivity contribution is 0.0485. The van der Waals surface area contributed by atoms with Gasteiger partial charge in [-0.1, -0.05) is 36.4 Å². The van der Waals surface area contributed by atoms with Crippen molar-refractivity contribution < 1.29 is 37.0 Å². The third-order valence-corrected chi connectivity index (χ3v) is 7.11. The Morgan fingerprint density at radius 1 is 0.786 bits per heavy atom. The number of para-hydroxylation sites is 2. The van der Waals surface area contributed by atoms with Crippen molar-refractivity contribution >= 4 is 15.6 Å². The van der Waals surface area contributed by atoms with E-state index >= 15 is 0 Å². The predicted octanol–water partition coefficient (Wildman–Crippen LogP) is 4.69. The lowest BCUT2D eigenvalue weighted by Crippen LogP contribution is -2.23. The van der Waals surface area contributed by atoms with Gasteiger partial charge in [-0.2, -0.15) is 4.31 Å². The fraction of sp³-hybridized carbons (Fsp3) is 0.333. The molecule has 0 radical (unpaired) electrons. The van der Waals surface area contributed by atoms with Crippen LogP contribution in [-0.2, 0) is 18.0 Å². The van der Waals surface area contributed by atoms with Gasteiger partial charge in [0, 0.05) is 0 Å². The molecule has 0 bridgehead atoms. The summed E-state index contributed by atoms with van der Waals surface area (Å²) in [6.07, 6.45) is 0.623. The second kappa shape index (κ2) is 9.23. The van der Waals surface area contributed by atoms with Crippen molar-refractivity contribution in [2.75, 3.05) is 0 Å². The van der Waals surface area contributed by atoms with E-state index in [0.29, 0.717) is 25.7 Å². The molecule has 28 heavy (non-hydrogen) atoms. The molecule has 2 aromatic carbocycles. The first kappa shape index (κ1) is 21.1. The number of hydrogen-bond donors (Lipinski definition) is 2. The summed E-state index contributed by atoms with van der Waals surface area (Å²) < 4.78 is 46.3. The zero-order chi connectivity index (χ0) is 20.0. The number of aliphatic hydroxyl groups is 1. The van der Waals surface area contributed by atoms with Crippen LogP contribution in [0.15, 0.2) is 60.7 Å². The van der Waals surface area contributed by atoms with Gasteiger partial charge < -0.3 is 19.0 Å². The molecule has 2 N–H and O–H groups in total. The molecule has 1 unspecified atom stereocenters. The molecule has 1 aliphatic rings. The molecule has 0 heterocycles. The van der Waals surface area contributed by atoms with E-state index < -0.39 is 27.9 Å². The zero-order valence-corrected chi connectivity index (χ0v) is 16.8. The van der Waals surface area contributed by atoms with Crippen LogP contribution >= 0.6 is 15.6 Å². The molecule has 1 atom stereocenters. The molecule has 152 valence electrons. The molecule has 2 aromatic rings. The van der Waals surface area contributed by atoms with E-state index in [0.717, 1.165) is 0 Å². The normalized spacial score (nSPS) is 22.2. The summed E-state index contributed by atoms with van der Waals surface area (Å²) in [5.74, 6) is 0.283. The largest absolute Gasteiger partial charge is 0.596 e. The lowest BCUT2D eigenvalue weighted by atomic mass is 9.95. The maximum atomic E-state index is 13.1. The number of hydrogen-bond acceptors (Lipinski definition) is 7. The smallest absolute Gasteiger partial charge is 0.395 e. The molecule has 0 aliphatic heterocycles. The van der Waals surface area contributed by atoms with Crippen molar-refractivity contribution in [1.29, 1.82) is 0 Å². The first-order valence-corrected chi connectivity index (χ1v) is 11.8. The van der Waals surface area contributed by atoms with Crippen molar-refractivity contribution in [2.45, 2.75) is 37.9 Å². The van der Waals surface area contributed by atoms with Gasteiger partial charge in [-0.15, -0.1) is 0 Å². The average molecular weight is 428 g/mol. The Balaban J connectivity index is 1.75. The molecule has 10 heteroatoms. The highest BCUT2D eigenvalue weighted by Crippen LogP contribution is 2.63. The van der Waals surface area contributed by atoms with Crippen LogP contribution in [0.2, 0.25) is 0 Å². The summed E-state index contributed by atoms with van der Waals surface area (Å²) in [5, 5.41) is 9.54. The van der Waals surface area contributed by atoms with Crippen molar-refractivity contribution in [3.63, 3.8) is 0 Å². The number of benzene rings is 2. The summed E-state index contributed by atoms with van der Waals surface area (Å²) in [5.41, 5.74) is 0. The monoisotopic (exact) mass is 428 g/mol. The van der Waals surface area contributed by atoms with Crippen LogP contribution in [0, 0.1) is 0 Å². The van der Waals surface area contributed by atoms with Gasteiger partial charge in [-0.25, -0.2) is 9.13 Å². The van der Waals surface area contributed by atoms with Gasteiger partial charge in [-0.3, -0.25) is 4.52 Å². The minimum atomic E-state index is -4.77. The Labute approximate surface area is 163 Å². The van der Waals surface area contributed by atoms with Crippen LogP contribution in [0.5, 0.6) is 11.5 Å². The maximum absolute atomic E-state index is 13.1. The molecule has 3 rings (SSSR count). The second-order valence-corrected chi connectivity index (χ2v) is 9.40. The first-order chi connectivity index (χ1) is 13.3. The van der Waals surface area contributed by atoms with Crippen LogP contribution in [-0.4, -0.2) is 22.2 Å². The van der Waals surface area contributed by atoms with E-state index in [2.05, 4.69) is 0 Å². The number of aliphatic hydroxyl groups excluding tert-OH is 1. The van der Waals surface area contributed by atoms with Crippen LogP contribution in [0.1, 0.15) is 25.7 Å². The Morgan fingerprint density at radius 3 is 1.71 bits per heavy atom. The third-order valence-electron chi connectivity index (χ3n) is 4.05. The summed E-state index contributed by atoms with van der Waals surface area (Å²) in [4.78, 5) is 10.1. The van der Waals surface area contributed by atoms with Gasteiger partial charge in [0.15, 0.2) is 0 Å². The van der Waals surface area contributed by atoms with Gasteiger partial charge in [-0.05, 0) is 49.9 Å². The summed E-state index contributed by atoms with van der Waals surface area (Å²) in [7, 11) is -9.32. The molecular weight excluding hydrogens is 406 g/mol. The number of phosphoric acid groups is 2. The molecule has 0 saturated heterocycles. The number of rotatable bonds is 8. The van der Waals surface area contributed by atoms with Crippen molar-refractivity contribution in [2.24, 2.45) is 0 Å². The minimum absolute atomic E-state index is 0.141. The minimum Gasteiger partial charge on any atom is -0.395 e.